The highest BCUT2D eigenvalue weighted by Gasteiger charge is 2.30. The molecule has 10 heteroatoms. The number of carbonyl (C=O) groups is 2. The van der Waals surface area contributed by atoms with Gasteiger partial charge in [0.15, 0.2) is 10.3 Å². The zero-order chi connectivity index (χ0) is 18.8. The zero-order valence-electron chi connectivity index (χ0n) is 15.3. The molecule has 1 aliphatic rings. The van der Waals surface area contributed by atoms with Crippen LogP contribution >= 0.6 is 23.1 Å². The Kier molecular flexibility index (Phi) is 5.61. The standard InChI is InChI=1S/C16H22N6O2S2/c1-5-22-13(10-6-7-10)19-20-16(22)25-8-11(23)18-15-17-9(2)12(26-15)14(24)21(3)4/h10H,5-8H2,1-4H3,(H,17,18,23). The van der Waals surface area contributed by atoms with Gasteiger partial charge in [0.25, 0.3) is 5.91 Å². The number of nitrogens with zero attached hydrogens (tertiary/aromatic N) is 5. The molecule has 2 aromatic rings. The summed E-state index contributed by atoms with van der Waals surface area (Å²) in [4.78, 5) is 30.6. The number of thiazole rings is 1. The molecule has 0 bridgehead atoms. The normalized spacial score (nSPS) is 13.7. The molecule has 26 heavy (non-hydrogen) atoms. The van der Waals surface area contributed by atoms with E-state index >= 15 is 0 Å². The van der Waals surface area contributed by atoms with Gasteiger partial charge in [-0.2, -0.15) is 0 Å². The van der Waals surface area contributed by atoms with Crippen LogP contribution < -0.4 is 5.32 Å². The second-order valence-electron chi connectivity index (χ2n) is 6.33. The summed E-state index contributed by atoms with van der Waals surface area (Å²) in [6.07, 6.45) is 2.33. The molecule has 0 aliphatic heterocycles. The molecule has 0 saturated heterocycles. The molecule has 1 aliphatic carbocycles. The zero-order valence-corrected chi connectivity index (χ0v) is 16.9. The van der Waals surface area contributed by atoms with Crippen LogP contribution in [0.2, 0.25) is 0 Å². The Bertz CT molecular complexity index is 825. The molecule has 8 nitrogen and oxygen atoms in total. The summed E-state index contributed by atoms with van der Waals surface area (Å²) in [7, 11) is 3.38. The van der Waals surface area contributed by atoms with E-state index in [0.717, 1.165) is 17.5 Å². The van der Waals surface area contributed by atoms with Gasteiger partial charge in [-0.25, -0.2) is 4.98 Å². The predicted molar refractivity (Wildman–Crippen MR) is 102 cm³/mol. The van der Waals surface area contributed by atoms with Gasteiger partial charge >= 0.3 is 0 Å². The number of aryl methyl sites for hydroxylation is 1. The van der Waals surface area contributed by atoms with E-state index in [-0.39, 0.29) is 17.6 Å². The molecule has 2 aromatic heterocycles. The fourth-order valence-electron chi connectivity index (χ4n) is 2.48. The van der Waals surface area contributed by atoms with Crippen LogP contribution in [-0.2, 0) is 11.3 Å². The maximum atomic E-state index is 12.2. The predicted octanol–water partition coefficient (Wildman–Crippen LogP) is 2.37. The van der Waals surface area contributed by atoms with Crippen molar-refractivity contribution in [1.29, 1.82) is 0 Å². The third kappa shape index (κ3) is 4.07. The van der Waals surface area contributed by atoms with Gasteiger partial charge in [0, 0.05) is 26.6 Å². The van der Waals surface area contributed by atoms with E-state index in [4.69, 9.17) is 0 Å². The molecule has 0 radical (unpaired) electrons. The Morgan fingerprint density at radius 3 is 2.69 bits per heavy atom. The number of carbonyl (C=O) groups excluding carboxylic acids is 2. The number of thioether (sulfide) groups is 1. The number of nitrogens with one attached hydrogen (secondary N) is 1. The number of hydrogen-bond donors (Lipinski definition) is 1. The van der Waals surface area contributed by atoms with Gasteiger partial charge in [0.05, 0.1) is 11.4 Å². The molecule has 2 heterocycles. The van der Waals surface area contributed by atoms with E-state index in [0.29, 0.717) is 21.6 Å². The third-order valence-corrected chi connectivity index (χ3v) is 6.01. The lowest BCUT2D eigenvalue weighted by atomic mass is 10.3. The summed E-state index contributed by atoms with van der Waals surface area (Å²) in [5, 5.41) is 12.5. The van der Waals surface area contributed by atoms with Gasteiger partial charge in [-0.15, -0.1) is 10.2 Å². The Morgan fingerprint density at radius 2 is 2.08 bits per heavy atom. The summed E-state index contributed by atoms with van der Waals surface area (Å²) >= 11 is 2.56. The maximum absolute atomic E-state index is 12.2. The number of amides is 2. The summed E-state index contributed by atoms with van der Waals surface area (Å²) in [6.45, 7) is 4.62. The minimum Gasteiger partial charge on any atom is -0.344 e. The molecule has 0 aromatic carbocycles. The van der Waals surface area contributed by atoms with Crippen LogP contribution in [-0.4, -0.2) is 56.3 Å². The molecular weight excluding hydrogens is 372 g/mol. The Labute approximate surface area is 160 Å². The molecule has 1 fully saturated rings. The molecule has 140 valence electrons. The fraction of sp³-hybridized carbons (Fsp3) is 0.562. The van der Waals surface area contributed by atoms with E-state index in [2.05, 4.69) is 32.0 Å². The van der Waals surface area contributed by atoms with Gasteiger partial charge in [0.2, 0.25) is 5.91 Å². The minimum absolute atomic E-state index is 0.112. The van der Waals surface area contributed by atoms with Crippen LogP contribution in [0.5, 0.6) is 0 Å². The second kappa shape index (κ2) is 7.75. The summed E-state index contributed by atoms with van der Waals surface area (Å²) < 4.78 is 2.08. The van der Waals surface area contributed by atoms with Crippen molar-refractivity contribution in [2.75, 3.05) is 25.2 Å². The quantitative estimate of drug-likeness (QED) is 0.725. The largest absolute Gasteiger partial charge is 0.344 e. The van der Waals surface area contributed by atoms with Crippen molar-refractivity contribution in [3.63, 3.8) is 0 Å². The van der Waals surface area contributed by atoms with E-state index in [9.17, 15) is 9.59 Å². The van der Waals surface area contributed by atoms with E-state index < -0.39 is 0 Å². The monoisotopic (exact) mass is 394 g/mol. The molecule has 0 spiro atoms. The van der Waals surface area contributed by atoms with Crippen molar-refractivity contribution < 1.29 is 9.59 Å². The second-order valence-corrected chi connectivity index (χ2v) is 8.27. The highest BCUT2D eigenvalue weighted by Crippen LogP contribution is 2.40. The Morgan fingerprint density at radius 1 is 1.35 bits per heavy atom. The average molecular weight is 395 g/mol. The topological polar surface area (TPSA) is 93.0 Å². The number of anilines is 1. The van der Waals surface area contributed by atoms with Crippen molar-refractivity contribution >= 4 is 40.0 Å². The summed E-state index contributed by atoms with van der Waals surface area (Å²) in [5.41, 5.74) is 0.622. The van der Waals surface area contributed by atoms with Crippen LogP contribution in [0.15, 0.2) is 5.16 Å². The van der Waals surface area contributed by atoms with Gasteiger partial charge in [0.1, 0.15) is 10.7 Å². The number of aromatic nitrogens is 4. The molecular formula is C16H22N6O2S2. The Balaban J connectivity index is 1.60. The van der Waals surface area contributed by atoms with Crippen LogP contribution in [0.4, 0.5) is 5.13 Å². The molecule has 2 amide bonds. The van der Waals surface area contributed by atoms with Crippen LogP contribution in [0.1, 0.15) is 46.9 Å². The van der Waals surface area contributed by atoms with Crippen LogP contribution in [0, 0.1) is 6.92 Å². The van der Waals surface area contributed by atoms with Gasteiger partial charge in [-0.3, -0.25) is 9.59 Å². The first-order valence-electron chi connectivity index (χ1n) is 8.45. The summed E-state index contributed by atoms with van der Waals surface area (Å²) in [6, 6.07) is 0. The lowest BCUT2D eigenvalue weighted by Crippen LogP contribution is -2.21. The highest BCUT2D eigenvalue weighted by atomic mass is 32.2. The third-order valence-electron chi connectivity index (χ3n) is 3.98. The van der Waals surface area contributed by atoms with E-state index in [1.54, 1.807) is 21.0 Å². The molecule has 3 rings (SSSR count). The first kappa shape index (κ1) is 18.8. The van der Waals surface area contributed by atoms with Crippen molar-refractivity contribution in [3.8, 4) is 0 Å². The smallest absolute Gasteiger partial charge is 0.265 e. The molecule has 0 atom stereocenters. The number of rotatable bonds is 7. The molecule has 1 saturated carbocycles. The van der Waals surface area contributed by atoms with E-state index in [1.165, 1.54) is 40.8 Å². The fourth-order valence-corrected chi connectivity index (χ4v) is 4.30. The van der Waals surface area contributed by atoms with E-state index in [1.807, 2.05) is 0 Å². The minimum atomic E-state index is -0.175. The molecule has 0 unspecified atom stereocenters. The number of hydrogen-bond acceptors (Lipinski definition) is 7. The lowest BCUT2D eigenvalue weighted by molar-refractivity contribution is -0.113. The van der Waals surface area contributed by atoms with Gasteiger partial charge < -0.3 is 14.8 Å². The van der Waals surface area contributed by atoms with Crippen molar-refractivity contribution in [2.24, 2.45) is 0 Å². The first-order chi connectivity index (χ1) is 12.4. The molecule has 1 N–H and O–H groups in total. The van der Waals surface area contributed by atoms with Gasteiger partial charge in [-0.1, -0.05) is 23.1 Å². The SMILES string of the molecule is CCn1c(SCC(=O)Nc2nc(C)c(C(=O)N(C)C)s2)nnc1C1CC1. The van der Waals surface area contributed by atoms with Crippen molar-refractivity contribution in [2.45, 2.75) is 44.3 Å². The van der Waals surface area contributed by atoms with Crippen LogP contribution in [0.3, 0.4) is 0 Å². The first-order valence-corrected chi connectivity index (χ1v) is 10.3. The van der Waals surface area contributed by atoms with Crippen molar-refractivity contribution in [3.05, 3.63) is 16.4 Å². The summed E-state index contributed by atoms with van der Waals surface area (Å²) in [5.74, 6) is 1.48. The lowest BCUT2D eigenvalue weighted by Gasteiger charge is -2.07. The van der Waals surface area contributed by atoms with Crippen molar-refractivity contribution in [1.82, 2.24) is 24.6 Å². The van der Waals surface area contributed by atoms with Gasteiger partial charge in [-0.05, 0) is 26.7 Å². The van der Waals surface area contributed by atoms with Crippen LogP contribution in [0.25, 0.3) is 0 Å². The Hall–Kier alpha value is -1.94. The average Bonchev–Trinajstić information content (AvgIpc) is 3.26. The maximum Gasteiger partial charge on any atom is 0.265 e. The highest BCUT2D eigenvalue weighted by molar-refractivity contribution is 7.99.